The lowest BCUT2D eigenvalue weighted by Crippen LogP contribution is -2.32. The van der Waals surface area contributed by atoms with Gasteiger partial charge in [-0.1, -0.05) is 19.1 Å². The normalized spacial score (nSPS) is 11.3. The summed E-state index contributed by atoms with van der Waals surface area (Å²) in [5, 5.41) is 0. The number of thioether (sulfide) groups is 1. The fraction of sp³-hybridized carbons (Fsp3) is 0.562. The molecule has 0 aromatic heterocycles. The molecule has 3 nitrogen and oxygen atoms in total. The van der Waals surface area contributed by atoms with Gasteiger partial charge in [0.05, 0.1) is 6.54 Å². The fourth-order valence-electron chi connectivity index (χ4n) is 2.03. The van der Waals surface area contributed by atoms with E-state index in [0.29, 0.717) is 6.54 Å². The van der Waals surface area contributed by atoms with Crippen LogP contribution >= 0.6 is 11.8 Å². The van der Waals surface area contributed by atoms with Crippen molar-refractivity contribution in [1.82, 2.24) is 9.80 Å². The third-order valence-electron chi connectivity index (χ3n) is 3.31. The first-order chi connectivity index (χ1) is 9.56. The highest BCUT2D eigenvalue weighted by Crippen LogP contribution is 2.15. The van der Waals surface area contributed by atoms with Crippen molar-refractivity contribution in [3.05, 3.63) is 29.8 Å². The van der Waals surface area contributed by atoms with Gasteiger partial charge in [0.15, 0.2) is 5.78 Å². The van der Waals surface area contributed by atoms with Crippen molar-refractivity contribution < 1.29 is 4.79 Å². The molecule has 0 aliphatic heterocycles. The number of carbonyl (C=O) groups excluding carboxylic acids is 1. The molecule has 0 unspecified atom stereocenters. The van der Waals surface area contributed by atoms with Gasteiger partial charge in [-0.2, -0.15) is 0 Å². The summed E-state index contributed by atoms with van der Waals surface area (Å²) < 4.78 is 0. The SMILES string of the molecule is CCN(CCCN(C)C)CC(=O)c1ccc(SC)cc1. The van der Waals surface area contributed by atoms with Crippen LogP contribution in [-0.2, 0) is 0 Å². The lowest BCUT2D eigenvalue weighted by atomic mass is 10.1. The summed E-state index contributed by atoms with van der Waals surface area (Å²) in [5.74, 6) is 0.212. The predicted molar refractivity (Wildman–Crippen MR) is 87.8 cm³/mol. The summed E-state index contributed by atoms with van der Waals surface area (Å²) in [6, 6.07) is 7.89. The van der Waals surface area contributed by atoms with E-state index in [1.807, 2.05) is 30.5 Å². The molecule has 0 radical (unpaired) electrons. The lowest BCUT2D eigenvalue weighted by Gasteiger charge is -2.20. The van der Waals surface area contributed by atoms with Crippen molar-refractivity contribution in [1.29, 1.82) is 0 Å². The molecular formula is C16H26N2OS. The largest absolute Gasteiger partial charge is 0.309 e. The zero-order valence-electron chi connectivity index (χ0n) is 13.1. The van der Waals surface area contributed by atoms with E-state index in [0.717, 1.165) is 31.6 Å². The van der Waals surface area contributed by atoms with Gasteiger partial charge < -0.3 is 4.90 Å². The number of benzene rings is 1. The van der Waals surface area contributed by atoms with Crippen LogP contribution in [-0.4, -0.2) is 62.1 Å². The Kier molecular flexibility index (Phi) is 7.88. The summed E-state index contributed by atoms with van der Waals surface area (Å²) in [6.45, 7) is 5.58. The highest BCUT2D eigenvalue weighted by atomic mass is 32.2. The average molecular weight is 294 g/mol. The summed E-state index contributed by atoms with van der Waals surface area (Å²) in [6.07, 6.45) is 3.14. The van der Waals surface area contributed by atoms with Crippen LogP contribution in [0.15, 0.2) is 29.2 Å². The molecule has 0 heterocycles. The van der Waals surface area contributed by atoms with Crippen molar-refractivity contribution in [3.63, 3.8) is 0 Å². The van der Waals surface area contributed by atoms with Crippen molar-refractivity contribution in [2.45, 2.75) is 18.2 Å². The zero-order valence-corrected chi connectivity index (χ0v) is 13.9. The highest BCUT2D eigenvalue weighted by molar-refractivity contribution is 7.98. The van der Waals surface area contributed by atoms with Crippen LogP contribution in [0.5, 0.6) is 0 Å². The van der Waals surface area contributed by atoms with E-state index in [-0.39, 0.29) is 5.78 Å². The smallest absolute Gasteiger partial charge is 0.176 e. The van der Waals surface area contributed by atoms with Crippen LogP contribution in [0, 0.1) is 0 Å². The van der Waals surface area contributed by atoms with Gasteiger partial charge in [-0.15, -0.1) is 11.8 Å². The molecule has 0 saturated carbocycles. The fourth-order valence-corrected chi connectivity index (χ4v) is 2.44. The molecule has 1 aromatic carbocycles. The van der Waals surface area contributed by atoms with Crippen LogP contribution in [0.1, 0.15) is 23.7 Å². The van der Waals surface area contributed by atoms with Gasteiger partial charge in [0.25, 0.3) is 0 Å². The Labute approximate surface area is 127 Å². The molecule has 0 aliphatic rings. The molecule has 0 amide bonds. The Morgan fingerprint density at radius 3 is 2.30 bits per heavy atom. The minimum atomic E-state index is 0.212. The third-order valence-corrected chi connectivity index (χ3v) is 4.05. The molecular weight excluding hydrogens is 268 g/mol. The van der Waals surface area contributed by atoms with Crippen LogP contribution in [0.2, 0.25) is 0 Å². The van der Waals surface area contributed by atoms with Gasteiger partial charge >= 0.3 is 0 Å². The van der Waals surface area contributed by atoms with E-state index in [9.17, 15) is 4.79 Å². The molecule has 0 fully saturated rings. The number of likely N-dealkylation sites (N-methyl/N-ethyl adjacent to an activating group) is 1. The Bertz CT molecular complexity index is 403. The standard InChI is InChI=1S/C16H26N2OS/c1-5-18(12-6-11-17(2)3)13-16(19)14-7-9-15(20-4)10-8-14/h7-10H,5-6,11-13H2,1-4H3. The first-order valence-corrected chi connectivity index (χ1v) is 8.33. The van der Waals surface area contributed by atoms with Gasteiger partial charge in [0, 0.05) is 10.5 Å². The second-order valence-electron chi connectivity index (χ2n) is 5.18. The van der Waals surface area contributed by atoms with Gasteiger partial charge in [0.1, 0.15) is 0 Å². The van der Waals surface area contributed by atoms with Crippen molar-refractivity contribution in [3.8, 4) is 0 Å². The summed E-state index contributed by atoms with van der Waals surface area (Å²) >= 11 is 1.70. The van der Waals surface area contributed by atoms with Crippen LogP contribution in [0.3, 0.4) is 0 Å². The van der Waals surface area contributed by atoms with Gasteiger partial charge in [0.2, 0.25) is 0 Å². The molecule has 0 atom stereocenters. The number of nitrogens with zero attached hydrogens (tertiary/aromatic N) is 2. The van der Waals surface area contributed by atoms with E-state index in [1.54, 1.807) is 11.8 Å². The molecule has 1 rings (SSSR count). The van der Waals surface area contributed by atoms with Crippen LogP contribution in [0.4, 0.5) is 0 Å². The molecule has 0 N–H and O–H groups in total. The summed E-state index contributed by atoms with van der Waals surface area (Å²) in [4.78, 5) is 17.8. The molecule has 0 spiro atoms. The zero-order chi connectivity index (χ0) is 15.0. The van der Waals surface area contributed by atoms with Crippen molar-refractivity contribution in [2.75, 3.05) is 46.5 Å². The van der Waals surface area contributed by atoms with E-state index in [1.165, 1.54) is 4.90 Å². The highest BCUT2D eigenvalue weighted by Gasteiger charge is 2.11. The Hall–Kier alpha value is -0.840. The van der Waals surface area contributed by atoms with E-state index >= 15 is 0 Å². The molecule has 0 aliphatic carbocycles. The monoisotopic (exact) mass is 294 g/mol. The molecule has 1 aromatic rings. The number of carbonyl (C=O) groups is 1. The molecule has 4 heteroatoms. The predicted octanol–water partition coefficient (Wildman–Crippen LogP) is 2.86. The molecule has 112 valence electrons. The van der Waals surface area contributed by atoms with E-state index < -0.39 is 0 Å². The maximum absolute atomic E-state index is 12.3. The van der Waals surface area contributed by atoms with E-state index in [2.05, 4.69) is 30.8 Å². The topological polar surface area (TPSA) is 23.6 Å². The quantitative estimate of drug-likeness (QED) is 0.516. The second kappa shape index (κ2) is 9.16. The summed E-state index contributed by atoms with van der Waals surface area (Å²) in [5.41, 5.74) is 0.814. The average Bonchev–Trinajstić information content (AvgIpc) is 2.45. The third kappa shape index (κ3) is 6.07. The van der Waals surface area contributed by atoms with Crippen molar-refractivity contribution in [2.24, 2.45) is 0 Å². The number of rotatable bonds is 9. The minimum absolute atomic E-state index is 0.212. The number of hydrogen-bond acceptors (Lipinski definition) is 4. The Morgan fingerprint density at radius 1 is 1.15 bits per heavy atom. The number of ketones is 1. The number of hydrogen-bond donors (Lipinski definition) is 0. The number of Topliss-reactive ketones (excluding diaryl/α,β-unsaturated/α-hetero) is 1. The first-order valence-electron chi connectivity index (χ1n) is 7.11. The summed E-state index contributed by atoms with van der Waals surface area (Å²) in [7, 11) is 4.16. The van der Waals surface area contributed by atoms with Gasteiger partial charge in [-0.05, 0) is 58.5 Å². The molecule has 0 saturated heterocycles. The maximum atomic E-state index is 12.3. The molecule has 20 heavy (non-hydrogen) atoms. The maximum Gasteiger partial charge on any atom is 0.176 e. The van der Waals surface area contributed by atoms with E-state index in [4.69, 9.17) is 0 Å². The van der Waals surface area contributed by atoms with Crippen LogP contribution in [0.25, 0.3) is 0 Å². The first kappa shape index (κ1) is 17.2. The Balaban J connectivity index is 2.48. The second-order valence-corrected chi connectivity index (χ2v) is 6.06. The minimum Gasteiger partial charge on any atom is -0.309 e. The lowest BCUT2D eigenvalue weighted by molar-refractivity contribution is 0.0931. The molecule has 0 bridgehead atoms. The Morgan fingerprint density at radius 2 is 1.80 bits per heavy atom. The van der Waals surface area contributed by atoms with Crippen molar-refractivity contribution >= 4 is 17.5 Å². The van der Waals surface area contributed by atoms with Gasteiger partial charge in [-0.25, -0.2) is 0 Å². The van der Waals surface area contributed by atoms with Gasteiger partial charge in [-0.3, -0.25) is 9.69 Å². The van der Waals surface area contributed by atoms with Crippen LogP contribution < -0.4 is 0 Å².